The fraction of sp³-hybridized carbons (Fsp3) is 0.211. The molecule has 1 amide bonds. The van der Waals surface area contributed by atoms with Crippen LogP contribution in [0, 0.1) is 5.82 Å². The van der Waals surface area contributed by atoms with Crippen LogP contribution in [0.2, 0.25) is 0 Å². The van der Waals surface area contributed by atoms with Crippen LogP contribution >= 0.6 is 0 Å². The number of Topliss-reactive ketones (excluding diaryl/α,β-unsaturated/α-hetero) is 1. The number of hydrogen-bond acceptors (Lipinski definition) is 4. The molecular weight excluding hydrogens is 378 g/mol. The molecule has 1 aliphatic rings. The zero-order chi connectivity index (χ0) is 20.5. The Balaban J connectivity index is 1.86. The molecule has 1 aliphatic heterocycles. The number of nitrogens with zero attached hydrogens (tertiary/aromatic N) is 2. The molecule has 1 heterocycles. The Morgan fingerprint density at radius 1 is 1.14 bits per heavy atom. The van der Waals surface area contributed by atoms with Crippen LogP contribution < -0.4 is 10.3 Å². The molecule has 0 spiro atoms. The van der Waals surface area contributed by atoms with E-state index in [1.165, 1.54) is 11.9 Å². The van der Waals surface area contributed by atoms with Gasteiger partial charge in [0.15, 0.2) is 5.78 Å². The number of benzene rings is 2. The maximum absolute atomic E-state index is 13.9. The third-order valence-corrected chi connectivity index (χ3v) is 4.20. The van der Waals surface area contributed by atoms with Crippen molar-refractivity contribution in [3.05, 3.63) is 59.9 Å². The van der Waals surface area contributed by atoms with Crippen LogP contribution in [-0.2, 0) is 15.8 Å². The van der Waals surface area contributed by atoms with E-state index in [-0.39, 0.29) is 17.9 Å². The van der Waals surface area contributed by atoms with Gasteiger partial charge in [-0.1, -0.05) is 18.2 Å². The van der Waals surface area contributed by atoms with E-state index in [0.717, 1.165) is 0 Å². The smallest absolute Gasteiger partial charge is 0.318 e. The Bertz CT molecular complexity index is 942. The van der Waals surface area contributed by atoms with Gasteiger partial charge >= 0.3 is 6.18 Å². The number of hydrazone groups is 1. The maximum atomic E-state index is 13.9. The van der Waals surface area contributed by atoms with Crippen molar-refractivity contribution < 1.29 is 27.2 Å². The van der Waals surface area contributed by atoms with Crippen LogP contribution in [0.15, 0.2) is 53.6 Å². The lowest BCUT2D eigenvalue weighted by Gasteiger charge is -2.20. The molecule has 0 radical (unpaired) electrons. The lowest BCUT2D eigenvalue weighted by atomic mass is 10.1. The van der Waals surface area contributed by atoms with Gasteiger partial charge in [-0.3, -0.25) is 14.6 Å². The first-order chi connectivity index (χ1) is 13.2. The number of hydrogen-bond donors (Lipinski definition) is 1. The fourth-order valence-corrected chi connectivity index (χ4v) is 2.77. The topological polar surface area (TPSA) is 61.8 Å². The number of alkyl halides is 3. The summed E-state index contributed by atoms with van der Waals surface area (Å²) in [5, 5.41) is 7.62. The van der Waals surface area contributed by atoms with Crippen molar-refractivity contribution in [3.8, 4) is 0 Å². The van der Waals surface area contributed by atoms with Crippen molar-refractivity contribution in [1.82, 2.24) is 0 Å². The van der Waals surface area contributed by atoms with Gasteiger partial charge < -0.3 is 5.32 Å². The second kappa shape index (κ2) is 7.41. The molecule has 146 valence electrons. The number of nitrogens with one attached hydrogen (secondary N) is 1. The number of halogens is 4. The molecule has 5 nitrogen and oxygen atoms in total. The number of amides is 1. The summed E-state index contributed by atoms with van der Waals surface area (Å²) in [5.41, 5.74) is -1.21. The van der Waals surface area contributed by atoms with Gasteiger partial charge in [0, 0.05) is 6.42 Å². The highest BCUT2D eigenvalue weighted by atomic mass is 19.4. The maximum Gasteiger partial charge on any atom is 0.416 e. The Morgan fingerprint density at radius 3 is 2.43 bits per heavy atom. The third kappa shape index (κ3) is 4.03. The first-order valence-corrected chi connectivity index (χ1v) is 8.27. The van der Waals surface area contributed by atoms with E-state index >= 15 is 0 Å². The van der Waals surface area contributed by atoms with Crippen molar-refractivity contribution in [2.45, 2.75) is 25.6 Å². The van der Waals surface area contributed by atoms with Gasteiger partial charge in [-0.05, 0) is 37.3 Å². The van der Waals surface area contributed by atoms with Crippen LogP contribution in [0.4, 0.5) is 28.9 Å². The van der Waals surface area contributed by atoms with Crippen LogP contribution in [0.3, 0.4) is 0 Å². The quantitative estimate of drug-likeness (QED) is 0.799. The molecule has 1 unspecified atom stereocenters. The molecule has 1 atom stereocenters. The molecule has 28 heavy (non-hydrogen) atoms. The summed E-state index contributed by atoms with van der Waals surface area (Å²) in [5.74, 6) is -2.12. The Morgan fingerprint density at radius 2 is 1.82 bits per heavy atom. The highest BCUT2D eigenvalue weighted by molar-refractivity contribution is 6.44. The van der Waals surface area contributed by atoms with Crippen molar-refractivity contribution in [2.24, 2.45) is 5.10 Å². The summed E-state index contributed by atoms with van der Waals surface area (Å²) in [6, 6.07) is 9.64. The third-order valence-electron chi connectivity index (χ3n) is 4.20. The summed E-state index contributed by atoms with van der Waals surface area (Å²) in [6.45, 7) is 1.35. The molecule has 0 aromatic heterocycles. The van der Waals surface area contributed by atoms with E-state index in [0.29, 0.717) is 23.9 Å². The van der Waals surface area contributed by atoms with Crippen molar-refractivity contribution in [2.75, 3.05) is 10.3 Å². The van der Waals surface area contributed by atoms with Gasteiger partial charge in [-0.15, -0.1) is 0 Å². The van der Waals surface area contributed by atoms with Crippen molar-refractivity contribution in [3.63, 3.8) is 0 Å². The molecule has 0 fully saturated rings. The Labute approximate surface area is 157 Å². The molecule has 0 bridgehead atoms. The van der Waals surface area contributed by atoms with Crippen molar-refractivity contribution in [1.29, 1.82) is 0 Å². The van der Waals surface area contributed by atoms with E-state index in [1.54, 1.807) is 30.3 Å². The number of anilines is 2. The van der Waals surface area contributed by atoms with Gasteiger partial charge in [0.2, 0.25) is 0 Å². The average molecular weight is 393 g/mol. The summed E-state index contributed by atoms with van der Waals surface area (Å²) < 4.78 is 52.3. The molecule has 1 N–H and O–H groups in total. The largest absolute Gasteiger partial charge is 0.416 e. The predicted octanol–water partition coefficient (Wildman–Crippen LogP) is 4.01. The average Bonchev–Trinajstić information content (AvgIpc) is 3.09. The second-order valence-electron chi connectivity index (χ2n) is 6.20. The molecule has 2 aromatic carbocycles. The van der Waals surface area contributed by atoms with E-state index in [2.05, 4.69) is 10.4 Å². The first kappa shape index (κ1) is 19.5. The minimum Gasteiger partial charge on any atom is -0.318 e. The number of rotatable bonds is 4. The lowest BCUT2D eigenvalue weighted by molar-refractivity contribution is -0.137. The zero-order valence-electron chi connectivity index (χ0n) is 14.6. The van der Waals surface area contributed by atoms with Crippen LogP contribution in [0.5, 0.6) is 0 Å². The predicted molar refractivity (Wildman–Crippen MR) is 95.5 cm³/mol. The second-order valence-corrected chi connectivity index (χ2v) is 6.20. The van der Waals surface area contributed by atoms with Gasteiger partial charge in [0.05, 0.1) is 16.9 Å². The minimum absolute atomic E-state index is 0.0450. The molecule has 0 aliphatic carbocycles. The van der Waals surface area contributed by atoms with Gasteiger partial charge in [0.1, 0.15) is 17.6 Å². The standard InChI is InChI=1S/C19H15F4N3O2/c1-11(27)17-10-16(25-26(17)13-5-3-2-4-6-13)18(28)24-15-9-12(19(21,22)23)7-8-14(15)20/h2-9,17H,10H2,1H3,(H,24,28). The molecule has 9 heteroatoms. The molecular formula is C19H15F4N3O2. The van der Waals surface area contributed by atoms with E-state index in [4.69, 9.17) is 0 Å². The van der Waals surface area contributed by atoms with Crippen LogP contribution in [0.25, 0.3) is 0 Å². The lowest BCUT2D eigenvalue weighted by Crippen LogP contribution is -2.33. The molecule has 2 aromatic rings. The van der Waals surface area contributed by atoms with Crippen molar-refractivity contribution >= 4 is 28.8 Å². The fourth-order valence-electron chi connectivity index (χ4n) is 2.77. The van der Waals surface area contributed by atoms with Gasteiger partial charge in [-0.25, -0.2) is 4.39 Å². The SMILES string of the molecule is CC(=O)C1CC(C(=O)Nc2cc(C(F)(F)F)ccc2F)=NN1c1ccccc1. The summed E-state index contributed by atoms with van der Waals surface area (Å²) in [7, 11) is 0. The van der Waals surface area contributed by atoms with Crippen LogP contribution in [0.1, 0.15) is 18.9 Å². The highest BCUT2D eigenvalue weighted by Crippen LogP contribution is 2.32. The Kier molecular flexibility index (Phi) is 5.17. The first-order valence-electron chi connectivity index (χ1n) is 8.27. The number of carbonyl (C=O) groups is 2. The Hall–Kier alpha value is -3.23. The molecule has 3 rings (SSSR count). The number of carbonyl (C=O) groups excluding carboxylic acids is 2. The highest BCUT2D eigenvalue weighted by Gasteiger charge is 2.35. The summed E-state index contributed by atoms with van der Waals surface area (Å²) in [6.07, 6.45) is -4.72. The number of para-hydroxylation sites is 1. The molecule has 0 saturated heterocycles. The van der Waals surface area contributed by atoms with E-state index < -0.39 is 35.2 Å². The molecule has 0 saturated carbocycles. The zero-order valence-corrected chi connectivity index (χ0v) is 14.6. The summed E-state index contributed by atoms with van der Waals surface area (Å²) >= 11 is 0. The van der Waals surface area contributed by atoms with Gasteiger partial charge in [0.25, 0.3) is 5.91 Å². The van der Waals surface area contributed by atoms with E-state index in [9.17, 15) is 27.2 Å². The van der Waals surface area contributed by atoms with E-state index in [1.807, 2.05) is 0 Å². The number of ketones is 1. The van der Waals surface area contributed by atoms with Crippen LogP contribution in [-0.4, -0.2) is 23.4 Å². The summed E-state index contributed by atoms with van der Waals surface area (Å²) in [4.78, 5) is 24.4. The normalized spacial score (nSPS) is 16.7. The minimum atomic E-state index is -4.68. The monoisotopic (exact) mass is 393 g/mol. The van der Waals surface area contributed by atoms with Gasteiger partial charge in [-0.2, -0.15) is 18.3 Å².